The second kappa shape index (κ2) is 6.45. The molecule has 0 aromatic carbocycles. The van der Waals surface area contributed by atoms with Gasteiger partial charge >= 0.3 is 0 Å². The highest BCUT2D eigenvalue weighted by molar-refractivity contribution is 7.89. The first kappa shape index (κ1) is 14.9. The van der Waals surface area contributed by atoms with Crippen molar-refractivity contribution in [2.24, 2.45) is 0 Å². The van der Waals surface area contributed by atoms with E-state index in [0.717, 1.165) is 13.0 Å². The normalized spacial score (nSPS) is 14.9. The van der Waals surface area contributed by atoms with Gasteiger partial charge in [-0.15, -0.1) is 0 Å². The van der Waals surface area contributed by atoms with Gasteiger partial charge in [0, 0.05) is 19.6 Å². The molecule has 1 unspecified atom stereocenters. The molecule has 0 amide bonds. The molecule has 0 aromatic heterocycles. The largest absolute Gasteiger partial charge is 0.315 e. The average molecular weight is 236 g/mol. The molecule has 0 aliphatic heterocycles. The predicted octanol–water partition coefficient (Wildman–Crippen LogP) is 1.04. The van der Waals surface area contributed by atoms with Crippen molar-refractivity contribution in [2.75, 3.05) is 20.1 Å². The zero-order valence-electron chi connectivity index (χ0n) is 10.4. The van der Waals surface area contributed by atoms with Crippen molar-refractivity contribution in [2.45, 2.75) is 45.4 Å². The minimum atomic E-state index is -3.15. The molecule has 0 aliphatic rings. The first-order valence-corrected chi connectivity index (χ1v) is 7.01. The van der Waals surface area contributed by atoms with Crippen LogP contribution < -0.4 is 5.32 Å². The first-order valence-electron chi connectivity index (χ1n) is 5.51. The van der Waals surface area contributed by atoms with E-state index >= 15 is 0 Å². The van der Waals surface area contributed by atoms with Gasteiger partial charge in [0.2, 0.25) is 10.0 Å². The Labute approximate surface area is 94.1 Å². The van der Waals surface area contributed by atoms with Gasteiger partial charge in [0.05, 0.1) is 5.25 Å². The first-order chi connectivity index (χ1) is 6.84. The fraction of sp³-hybridized carbons (Fsp3) is 1.00. The number of sulfonamides is 1. The molecule has 0 aliphatic carbocycles. The van der Waals surface area contributed by atoms with Crippen molar-refractivity contribution in [3.8, 4) is 0 Å². The quantitative estimate of drug-likeness (QED) is 0.672. The monoisotopic (exact) mass is 236 g/mol. The van der Waals surface area contributed by atoms with Crippen molar-refractivity contribution < 1.29 is 8.42 Å². The van der Waals surface area contributed by atoms with Crippen LogP contribution in [0.25, 0.3) is 0 Å². The van der Waals surface area contributed by atoms with Crippen molar-refractivity contribution in [1.29, 1.82) is 0 Å². The second-order valence-electron chi connectivity index (χ2n) is 4.17. The van der Waals surface area contributed by atoms with Crippen LogP contribution in [-0.4, -0.2) is 44.2 Å². The number of rotatable bonds is 7. The fourth-order valence-electron chi connectivity index (χ4n) is 1.17. The zero-order chi connectivity index (χ0) is 12.1. The summed E-state index contributed by atoms with van der Waals surface area (Å²) in [6, 6.07) is 0.0172. The maximum absolute atomic E-state index is 12.0. The summed E-state index contributed by atoms with van der Waals surface area (Å²) in [7, 11) is -1.51. The van der Waals surface area contributed by atoms with Crippen LogP contribution in [0, 0.1) is 0 Å². The maximum Gasteiger partial charge on any atom is 0.217 e. The van der Waals surface area contributed by atoms with Gasteiger partial charge in [-0.1, -0.05) is 6.92 Å². The fourth-order valence-corrected chi connectivity index (χ4v) is 2.65. The molecule has 1 atom stereocenters. The van der Waals surface area contributed by atoms with Gasteiger partial charge in [0.25, 0.3) is 0 Å². The molecule has 92 valence electrons. The number of nitrogens with zero attached hydrogens (tertiary/aromatic N) is 1. The third-order valence-corrected chi connectivity index (χ3v) is 4.90. The summed E-state index contributed by atoms with van der Waals surface area (Å²) in [5.41, 5.74) is 0. The van der Waals surface area contributed by atoms with Crippen LogP contribution in [0.15, 0.2) is 0 Å². The molecule has 1 N–H and O–H groups in total. The highest BCUT2D eigenvalue weighted by atomic mass is 32.2. The van der Waals surface area contributed by atoms with E-state index in [9.17, 15) is 8.42 Å². The van der Waals surface area contributed by atoms with Crippen LogP contribution in [0.2, 0.25) is 0 Å². The van der Waals surface area contributed by atoms with Crippen molar-refractivity contribution in [3.63, 3.8) is 0 Å². The lowest BCUT2D eigenvalue weighted by Gasteiger charge is -2.25. The molecule has 0 spiro atoms. The van der Waals surface area contributed by atoms with E-state index < -0.39 is 10.0 Å². The van der Waals surface area contributed by atoms with Gasteiger partial charge in [0.1, 0.15) is 0 Å². The third kappa shape index (κ3) is 4.49. The lowest BCUT2D eigenvalue weighted by Crippen LogP contribution is -2.43. The Hall–Kier alpha value is -0.130. The maximum atomic E-state index is 12.0. The second-order valence-corrected chi connectivity index (χ2v) is 6.58. The smallest absolute Gasteiger partial charge is 0.217 e. The van der Waals surface area contributed by atoms with Crippen molar-refractivity contribution in [3.05, 3.63) is 0 Å². The van der Waals surface area contributed by atoms with E-state index in [1.54, 1.807) is 14.0 Å². The van der Waals surface area contributed by atoms with Gasteiger partial charge in [-0.3, -0.25) is 0 Å². The van der Waals surface area contributed by atoms with Crippen LogP contribution in [-0.2, 0) is 10.0 Å². The van der Waals surface area contributed by atoms with Crippen LogP contribution in [0.3, 0.4) is 0 Å². The van der Waals surface area contributed by atoms with E-state index in [0.29, 0.717) is 6.54 Å². The SMILES string of the molecule is CCCNCC(C)S(=O)(=O)N(C)C(C)C. The summed E-state index contributed by atoms with van der Waals surface area (Å²) < 4.78 is 25.3. The molecule has 0 heterocycles. The molecule has 5 heteroatoms. The molecular weight excluding hydrogens is 212 g/mol. The molecule has 4 nitrogen and oxygen atoms in total. The molecule has 0 saturated carbocycles. The van der Waals surface area contributed by atoms with E-state index in [1.807, 2.05) is 13.8 Å². The molecule has 0 rings (SSSR count). The Balaban J connectivity index is 4.33. The van der Waals surface area contributed by atoms with E-state index in [2.05, 4.69) is 12.2 Å². The van der Waals surface area contributed by atoms with E-state index in [-0.39, 0.29) is 11.3 Å². The van der Waals surface area contributed by atoms with Crippen LogP contribution in [0.1, 0.15) is 34.1 Å². The lowest BCUT2D eigenvalue weighted by atomic mass is 10.4. The van der Waals surface area contributed by atoms with E-state index in [4.69, 9.17) is 0 Å². The highest BCUT2D eigenvalue weighted by Crippen LogP contribution is 2.09. The highest BCUT2D eigenvalue weighted by Gasteiger charge is 2.26. The molecule has 15 heavy (non-hydrogen) atoms. The van der Waals surface area contributed by atoms with Gasteiger partial charge in [0.15, 0.2) is 0 Å². The molecule has 0 aromatic rings. The van der Waals surface area contributed by atoms with Gasteiger partial charge < -0.3 is 5.32 Å². The Bertz CT molecular complexity index is 263. The predicted molar refractivity (Wildman–Crippen MR) is 64.4 cm³/mol. The lowest BCUT2D eigenvalue weighted by molar-refractivity contribution is 0.402. The zero-order valence-corrected chi connectivity index (χ0v) is 11.3. The summed E-state index contributed by atoms with van der Waals surface area (Å²) >= 11 is 0. The molecule has 0 saturated heterocycles. The Kier molecular flexibility index (Phi) is 6.40. The standard InChI is InChI=1S/C10H24N2O2S/c1-6-7-11-8-10(4)15(13,14)12(5)9(2)3/h9-11H,6-8H2,1-5H3. The van der Waals surface area contributed by atoms with Gasteiger partial charge in [-0.25, -0.2) is 12.7 Å². The number of nitrogens with one attached hydrogen (secondary N) is 1. The molecule has 0 radical (unpaired) electrons. The Morgan fingerprint density at radius 1 is 1.27 bits per heavy atom. The van der Waals surface area contributed by atoms with Crippen LogP contribution in [0.5, 0.6) is 0 Å². The van der Waals surface area contributed by atoms with Gasteiger partial charge in [-0.05, 0) is 33.7 Å². The van der Waals surface area contributed by atoms with Gasteiger partial charge in [-0.2, -0.15) is 0 Å². The third-order valence-electron chi connectivity index (χ3n) is 2.50. The van der Waals surface area contributed by atoms with Crippen molar-refractivity contribution in [1.82, 2.24) is 9.62 Å². The van der Waals surface area contributed by atoms with E-state index in [1.165, 1.54) is 4.31 Å². The Morgan fingerprint density at radius 2 is 1.80 bits per heavy atom. The molecule has 0 fully saturated rings. The minimum Gasteiger partial charge on any atom is -0.315 e. The summed E-state index contributed by atoms with van der Waals surface area (Å²) in [4.78, 5) is 0. The molecule has 0 bridgehead atoms. The van der Waals surface area contributed by atoms with Crippen LogP contribution >= 0.6 is 0 Å². The summed E-state index contributed by atoms with van der Waals surface area (Å²) in [5.74, 6) is 0. The Morgan fingerprint density at radius 3 is 2.20 bits per heavy atom. The topological polar surface area (TPSA) is 49.4 Å². The minimum absolute atomic E-state index is 0.0172. The summed E-state index contributed by atoms with van der Waals surface area (Å²) in [6.45, 7) is 8.95. The average Bonchev–Trinajstić information content (AvgIpc) is 2.16. The molecular formula is C10H24N2O2S. The summed E-state index contributed by atoms with van der Waals surface area (Å²) in [6.07, 6.45) is 1.02. The number of hydrogen-bond donors (Lipinski definition) is 1. The van der Waals surface area contributed by atoms with Crippen molar-refractivity contribution >= 4 is 10.0 Å². The summed E-state index contributed by atoms with van der Waals surface area (Å²) in [5, 5.41) is 2.76. The van der Waals surface area contributed by atoms with Crippen LogP contribution in [0.4, 0.5) is 0 Å². The number of hydrogen-bond acceptors (Lipinski definition) is 3.